The topological polar surface area (TPSA) is 87.3 Å². The Balaban J connectivity index is 1.46. The van der Waals surface area contributed by atoms with Gasteiger partial charge < -0.3 is 5.32 Å². The maximum atomic E-state index is 12.3. The number of carbonyl (C=O) groups excluding carboxylic acids is 3. The van der Waals surface area contributed by atoms with Crippen LogP contribution < -0.4 is 16.2 Å². The van der Waals surface area contributed by atoms with E-state index in [-0.39, 0.29) is 11.8 Å². The van der Waals surface area contributed by atoms with Crippen LogP contribution in [0.5, 0.6) is 0 Å². The first kappa shape index (κ1) is 20.3. The van der Waals surface area contributed by atoms with Crippen LogP contribution in [0.2, 0.25) is 0 Å². The molecule has 150 valence electrons. The highest BCUT2D eigenvalue weighted by atomic mass is 16.2. The number of carbonyl (C=O) groups is 3. The Morgan fingerprint density at radius 2 is 1.52 bits per heavy atom. The summed E-state index contributed by atoms with van der Waals surface area (Å²) in [6.45, 7) is 0. The van der Waals surface area contributed by atoms with E-state index in [4.69, 9.17) is 0 Å². The van der Waals surface area contributed by atoms with Crippen molar-refractivity contribution < 1.29 is 14.4 Å². The van der Waals surface area contributed by atoms with Gasteiger partial charge in [-0.1, -0.05) is 49.6 Å². The van der Waals surface area contributed by atoms with Crippen LogP contribution in [0.1, 0.15) is 48.0 Å². The number of rotatable bonds is 5. The van der Waals surface area contributed by atoms with E-state index >= 15 is 0 Å². The number of hydrogen-bond acceptors (Lipinski definition) is 3. The van der Waals surface area contributed by atoms with Crippen molar-refractivity contribution in [2.24, 2.45) is 5.92 Å². The molecule has 29 heavy (non-hydrogen) atoms. The summed E-state index contributed by atoms with van der Waals surface area (Å²) >= 11 is 0. The van der Waals surface area contributed by atoms with Crippen LogP contribution >= 0.6 is 0 Å². The van der Waals surface area contributed by atoms with Gasteiger partial charge in [-0.05, 0) is 48.7 Å². The van der Waals surface area contributed by atoms with Gasteiger partial charge in [-0.3, -0.25) is 25.2 Å². The van der Waals surface area contributed by atoms with E-state index in [1.54, 1.807) is 30.3 Å². The maximum Gasteiger partial charge on any atom is 0.269 e. The third-order valence-corrected chi connectivity index (χ3v) is 4.92. The van der Waals surface area contributed by atoms with Crippen molar-refractivity contribution in [1.29, 1.82) is 0 Å². The molecular formula is C23H25N3O3. The van der Waals surface area contributed by atoms with Crippen molar-refractivity contribution in [2.45, 2.75) is 32.1 Å². The molecule has 0 bridgehead atoms. The van der Waals surface area contributed by atoms with Gasteiger partial charge in [0.05, 0.1) is 0 Å². The second-order valence-electron chi connectivity index (χ2n) is 7.09. The minimum absolute atomic E-state index is 0.0411. The monoisotopic (exact) mass is 391 g/mol. The van der Waals surface area contributed by atoms with Gasteiger partial charge >= 0.3 is 0 Å². The number of amides is 3. The third-order valence-electron chi connectivity index (χ3n) is 4.92. The van der Waals surface area contributed by atoms with Crippen LogP contribution in [-0.4, -0.2) is 17.7 Å². The van der Waals surface area contributed by atoms with Crippen molar-refractivity contribution in [3.05, 3.63) is 71.8 Å². The Morgan fingerprint density at radius 3 is 2.21 bits per heavy atom. The summed E-state index contributed by atoms with van der Waals surface area (Å²) in [5, 5.41) is 2.91. The molecule has 0 aromatic heterocycles. The van der Waals surface area contributed by atoms with Gasteiger partial charge in [0.1, 0.15) is 0 Å². The van der Waals surface area contributed by atoms with Gasteiger partial charge in [0.25, 0.3) is 11.8 Å². The fourth-order valence-corrected chi connectivity index (χ4v) is 3.28. The van der Waals surface area contributed by atoms with E-state index in [0.29, 0.717) is 11.3 Å². The molecule has 1 aliphatic rings. The Kier molecular flexibility index (Phi) is 7.16. The average molecular weight is 391 g/mol. The quantitative estimate of drug-likeness (QED) is 0.537. The van der Waals surface area contributed by atoms with Crippen LogP contribution in [0.25, 0.3) is 6.08 Å². The molecule has 0 aliphatic heterocycles. The lowest BCUT2D eigenvalue weighted by atomic mass is 9.88. The predicted molar refractivity (Wildman–Crippen MR) is 113 cm³/mol. The molecule has 1 aliphatic carbocycles. The molecule has 0 atom stereocenters. The van der Waals surface area contributed by atoms with E-state index in [1.165, 1.54) is 12.5 Å². The van der Waals surface area contributed by atoms with E-state index in [1.807, 2.05) is 30.3 Å². The summed E-state index contributed by atoms with van der Waals surface area (Å²) in [6, 6.07) is 16.0. The molecule has 0 heterocycles. The Morgan fingerprint density at radius 1 is 0.828 bits per heavy atom. The van der Waals surface area contributed by atoms with Crippen LogP contribution in [0, 0.1) is 5.92 Å². The van der Waals surface area contributed by atoms with E-state index in [9.17, 15) is 14.4 Å². The molecule has 2 aromatic rings. The molecule has 6 nitrogen and oxygen atoms in total. The lowest BCUT2D eigenvalue weighted by Crippen LogP contribution is -2.40. The molecule has 2 aromatic carbocycles. The van der Waals surface area contributed by atoms with Crippen LogP contribution in [0.15, 0.2) is 60.7 Å². The second-order valence-corrected chi connectivity index (χ2v) is 7.09. The number of anilines is 1. The number of hydrogen-bond donors (Lipinski definition) is 3. The fraction of sp³-hybridized carbons (Fsp3) is 0.261. The van der Waals surface area contributed by atoms with Crippen molar-refractivity contribution in [3.8, 4) is 0 Å². The molecule has 3 rings (SSSR count). The van der Waals surface area contributed by atoms with Gasteiger partial charge in [-0.2, -0.15) is 0 Å². The highest BCUT2D eigenvalue weighted by Crippen LogP contribution is 2.25. The molecule has 0 radical (unpaired) electrons. The lowest BCUT2D eigenvalue weighted by molar-refractivity contribution is -0.120. The van der Waals surface area contributed by atoms with Crippen LogP contribution in [0.4, 0.5) is 5.69 Å². The van der Waals surface area contributed by atoms with Gasteiger partial charge in [-0.15, -0.1) is 0 Å². The zero-order valence-corrected chi connectivity index (χ0v) is 16.2. The Hall–Kier alpha value is -3.41. The Bertz CT molecular complexity index is 870. The fourth-order valence-electron chi connectivity index (χ4n) is 3.28. The second kappa shape index (κ2) is 10.2. The minimum atomic E-state index is -0.434. The molecule has 0 spiro atoms. The zero-order chi connectivity index (χ0) is 20.5. The smallest absolute Gasteiger partial charge is 0.269 e. The summed E-state index contributed by atoms with van der Waals surface area (Å²) in [4.78, 5) is 36.3. The standard InChI is InChI=1S/C23H25N3O3/c27-21(16-11-17-7-3-1-4-8-17)25-26-23(29)19-12-14-20(15-13-19)24-22(28)18-9-5-2-6-10-18/h1,3-4,7-8,11-16,18H,2,5-6,9-10H2,(H,24,28)(H,25,27)(H,26,29)/b16-11+. The predicted octanol–water partition coefficient (Wildman–Crippen LogP) is 3.68. The molecule has 3 amide bonds. The SMILES string of the molecule is O=C(/C=C/c1ccccc1)NNC(=O)c1ccc(NC(=O)C2CCCCC2)cc1. The highest BCUT2D eigenvalue weighted by Gasteiger charge is 2.21. The first-order valence-corrected chi connectivity index (χ1v) is 9.86. The molecule has 3 N–H and O–H groups in total. The number of nitrogens with one attached hydrogen (secondary N) is 3. The molecule has 1 saturated carbocycles. The zero-order valence-electron chi connectivity index (χ0n) is 16.2. The first-order valence-electron chi connectivity index (χ1n) is 9.86. The van der Waals surface area contributed by atoms with E-state index in [2.05, 4.69) is 16.2 Å². The molecule has 1 fully saturated rings. The van der Waals surface area contributed by atoms with Crippen LogP contribution in [-0.2, 0) is 9.59 Å². The Labute approximate surface area is 170 Å². The molecule has 0 saturated heterocycles. The summed E-state index contributed by atoms with van der Waals surface area (Å²) < 4.78 is 0. The van der Waals surface area contributed by atoms with Crippen molar-refractivity contribution in [1.82, 2.24) is 10.9 Å². The van der Waals surface area contributed by atoms with Crippen molar-refractivity contribution >= 4 is 29.5 Å². The molecule has 0 unspecified atom stereocenters. The van der Waals surface area contributed by atoms with Gasteiger partial charge in [0.2, 0.25) is 5.91 Å². The normalized spacial score (nSPS) is 14.3. The van der Waals surface area contributed by atoms with Gasteiger partial charge in [-0.25, -0.2) is 0 Å². The molecule has 6 heteroatoms. The van der Waals surface area contributed by atoms with Crippen LogP contribution in [0.3, 0.4) is 0 Å². The third kappa shape index (κ3) is 6.31. The maximum absolute atomic E-state index is 12.3. The average Bonchev–Trinajstić information content (AvgIpc) is 2.78. The lowest BCUT2D eigenvalue weighted by Gasteiger charge is -2.20. The molecular weight excluding hydrogens is 366 g/mol. The van der Waals surface area contributed by atoms with Crippen molar-refractivity contribution in [3.63, 3.8) is 0 Å². The number of benzene rings is 2. The van der Waals surface area contributed by atoms with Gasteiger partial charge in [0.15, 0.2) is 0 Å². The van der Waals surface area contributed by atoms with Crippen molar-refractivity contribution in [2.75, 3.05) is 5.32 Å². The summed E-state index contributed by atoms with van der Waals surface area (Å²) in [6.07, 6.45) is 8.28. The van der Waals surface area contributed by atoms with Gasteiger partial charge in [0, 0.05) is 23.2 Å². The minimum Gasteiger partial charge on any atom is -0.326 e. The summed E-state index contributed by atoms with van der Waals surface area (Å²) in [7, 11) is 0. The summed E-state index contributed by atoms with van der Waals surface area (Å²) in [5.41, 5.74) is 6.65. The number of hydrazine groups is 1. The highest BCUT2D eigenvalue weighted by molar-refractivity contribution is 5.98. The summed E-state index contributed by atoms with van der Waals surface area (Å²) in [5.74, 6) is -0.750. The van der Waals surface area contributed by atoms with E-state index < -0.39 is 11.8 Å². The van der Waals surface area contributed by atoms with E-state index in [0.717, 1.165) is 31.2 Å². The largest absolute Gasteiger partial charge is 0.326 e. The first-order chi connectivity index (χ1) is 14.1.